The molecule has 0 radical (unpaired) electrons. The van der Waals surface area contributed by atoms with Crippen molar-refractivity contribution in [3.8, 4) is 0 Å². The predicted octanol–water partition coefficient (Wildman–Crippen LogP) is 0.264. The number of hydrogen-bond donors (Lipinski definition) is 0. The summed E-state index contributed by atoms with van der Waals surface area (Å²) in [7, 11) is 0. The maximum absolute atomic E-state index is 10.1. The largest absolute Gasteiger partial charge is 0.412 e. The molecule has 0 aliphatic carbocycles. The molecule has 0 saturated heterocycles. The molecule has 12 heavy (non-hydrogen) atoms. The van der Waals surface area contributed by atoms with Crippen LogP contribution in [0.1, 0.15) is 17.8 Å². The zero-order chi connectivity index (χ0) is 8.27. The second-order valence-corrected chi connectivity index (χ2v) is 2.61. The first-order chi connectivity index (χ1) is 5.24. The van der Waals surface area contributed by atoms with Crippen molar-refractivity contribution in [2.75, 3.05) is 0 Å². The van der Waals surface area contributed by atoms with Crippen LogP contribution in [0.3, 0.4) is 0 Å². The zero-order valence-electron chi connectivity index (χ0n) is 7.37. The van der Waals surface area contributed by atoms with Gasteiger partial charge in [-0.2, -0.15) is 5.10 Å². The molecule has 1 aromatic rings. The summed E-state index contributed by atoms with van der Waals surface area (Å²) in [4.78, 5) is 10.1. The first-order valence-corrected chi connectivity index (χ1v) is 3.68. The molecule has 0 aliphatic heterocycles. The maximum atomic E-state index is 10.1. The Labute approximate surface area is 71.5 Å². The summed E-state index contributed by atoms with van der Waals surface area (Å²) in [6.45, 7) is 4.64. The third-order valence-corrected chi connectivity index (χ3v) is 1.56. The fraction of sp³-hybridized carbons (Fsp3) is 0.500. The molecule has 2 N–H and O–H groups in total. The molecule has 68 valence electrons. The Hall–Kier alpha value is -1.16. The summed E-state index contributed by atoms with van der Waals surface area (Å²) in [6, 6.07) is 2.00. The Morgan fingerprint density at radius 1 is 1.58 bits per heavy atom. The molecular formula is C8H14N2O2. The SMILES string of the molecule is Cc1cc(C)n(CCC=O)n1.O. The third-order valence-electron chi connectivity index (χ3n) is 1.56. The van der Waals surface area contributed by atoms with Gasteiger partial charge in [0.15, 0.2) is 0 Å². The first-order valence-electron chi connectivity index (χ1n) is 3.68. The number of rotatable bonds is 3. The van der Waals surface area contributed by atoms with Gasteiger partial charge in [0.2, 0.25) is 0 Å². The monoisotopic (exact) mass is 170 g/mol. The van der Waals surface area contributed by atoms with Crippen molar-refractivity contribution >= 4 is 6.29 Å². The van der Waals surface area contributed by atoms with E-state index in [0.29, 0.717) is 13.0 Å². The van der Waals surface area contributed by atoms with Crippen LogP contribution >= 0.6 is 0 Å². The van der Waals surface area contributed by atoms with E-state index in [1.807, 2.05) is 24.6 Å². The van der Waals surface area contributed by atoms with E-state index in [2.05, 4.69) is 5.10 Å². The lowest BCUT2D eigenvalue weighted by atomic mass is 10.4. The van der Waals surface area contributed by atoms with Gasteiger partial charge in [-0.3, -0.25) is 4.68 Å². The predicted molar refractivity (Wildman–Crippen MR) is 46.0 cm³/mol. The van der Waals surface area contributed by atoms with E-state index in [1.165, 1.54) is 0 Å². The second-order valence-electron chi connectivity index (χ2n) is 2.61. The van der Waals surface area contributed by atoms with Crippen molar-refractivity contribution in [1.82, 2.24) is 9.78 Å². The average molecular weight is 170 g/mol. The minimum Gasteiger partial charge on any atom is -0.412 e. The molecule has 0 aromatic carbocycles. The van der Waals surface area contributed by atoms with E-state index >= 15 is 0 Å². The van der Waals surface area contributed by atoms with Gasteiger partial charge < -0.3 is 10.3 Å². The maximum Gasteiger partial charge on any atom is 0.121 e. The van der Waals surface area contributed by atoms with Crippen molar-refractivity contribution in [3.63, 3.8) is 0 Å². The van der Waals surface area contributed by atoms with Crippen LogP contribution < -0.4 is 0 Å². The van der Waals surface area contributed by atoms with Crippen LogP contribution in [0.5, 0.6) is 0 Å². The number of hydrogen-bond acceptors (Lipinski definition) is 2. The molecule has 0 amide bonds. The molecule has 0 spiro atoms. The zero-order valence-corrected chi connectivity index (χ0v) is 7.37. The summed E-state index contributed by atoms with van der Waals surface area (Å²) < 4.78 is 1.85. The molecule has 0 aliphatic rings. The number of aryl methyl sites for hydroxylation is 3. The van der Waals surface area contributed by atoms with E-state index in [-0.39, 0.29) is 5.48 Å². The van der Waals surface area contributed by atoms with Crippen molar-refractivity contribution in [2.45, 2.75) is 26.8 Å². The van der Waals surface area contributed by atoms with Crippen LogP contribution in [0, 0.1) is 13.8 Å². The second kappa shape index (κ2) is 4.66. The van der Waals surface area contributed by atoms with Crippen molar-refractivity contribution < 1.29 is 10.3 Å². The fourth-order valence-electron chi connectivity index (χ4n) is 1.08. The fourth-order valence-corrected chi connectivity index (χ4v) is 1.08. The Balaban J connectivity index is 0.00000121. The number of nitrogens with zero attached hydrogens (tertiary/aromatic N) is 2. The first kappa shape index (κ1) is 10.8. The van der Waals surface area contributed by atoms with E-state index in [0.717, 1.165) is 17.7 Å². The lowest BCUT2D eigenvalue weighted by Crippen LogP contribution is -2.02. The Kier molecular flexibility index (Phi) is 4.21. The number of carbonyl (C=O) groups is 1. The molecule has 1 rings (SSSR count). The standard InChI is InChI=1S/C8H12N2O.H2O/c1-7-6-8(2)10(9-7)4-3-5-11;/h5-6H,3-4H2,1-2H3;1H2. The highest BCUT2D eigenvalue weighted by atomic mass is 16.1. The minimum absolute atomic E-state index is 0. The van der Waals surface area contributed by atoms with Crippen LogP contribution in [0.25, 0.3) is 0 Å². The Bertz CT molecular complexity index is 256. The Morgan fingerprint density at radius 2 is 2.25 bits per heavy atom. The molecular weight excluding hydrogens is 156 g/mol. The third kappa shape index (κ3) is 2.47. The summed E-state index contributed by atoms with van der Waals surface area (Å²) >= 11 is 0. The summed E-state index contributed by atoms with van der Waals surface area (Å²) in [5.74, 6) is 0. The molecule has 4 heteroatoms. The van der Waals surface area contributed by atoms with E-state index in [4.69, 9.17) is 0 Å². The topological polar surface area (TPSA) is 66.4 Å². The van der Waals surface area contributed by atoms with Crippen LogP contribution in [0.2, 0.25) is 0 Å². The molecule has 1 aromatic heterocycles. The van der Waals surface area contributed by atoms with Gasteiger partial charge in [0.1, 0.15) is 6.29 Å². The number of aldehydes is 1. The molecule has 4 nitrogen and oxygen atoms in total. The van der Waals surface area contributed by atoms with Crippen LogP contribution in [0.4, 0.5) is 0 Å². The van der Waals surface area contributed by atoms with E-state index < -0.39 is 0 Å². The van der Waals surface area contributed by atoms with Gasteiger partial charge in [-0.1, -0.05) is 0 Å². The van der Waals surface area contributed by atoms with Crippen LogP contribution in [0.15, 0.2) is 6.07 Å². The van der Waals surface area contributed by atoms with Crippen LogP contribution in [-0.4, -0.2) is 21.5 Å². The Morgan fingerprint density at radius 3 is 2.67 bits per heavy atom. The highest BCUT2D eigenvalue weighted by Crippen LogP contribution is 2.01. The smallest absolute Gasteiger partial charge is 0.121 e. The lowest BCUT2D eigenvalue weighted by Gasteiger charge is -1.98. The van der Waals surface area contributed by atoms with Gasteiger partial charge in [0.05, 0.1) is 5.69 Å². The molecule has 0 bridgehead atoms. The van der Waals surface area contributed by atoms with Crippen molar-refractivity contribution in [2.24, 2.45) is 0 Å². The molecule has 0 unspecified atom stereocenters. The number of carbonyl (C=O) groups excluding carboxylic acids is 1. The average Bonchev–Trinajstić information content (AvgIpc) is 2.26. The minimum atomic E-state index is 0. The lowest BCUT2D eigenvalue weighted by molar-refractivity contribution is -0.108. The van der Waals surface area contributed by atoms with Gasteiger partial charge in [-0.05, 0) is 19.9 Å². The van der Waals surface area contributed by atoms with Crippen LogP contribution in [-0.2, 0) is 11.3 Å². The summed E-state index contributed by atoms with van der Waals surface area (Å²) in [6.07, 6.45) is 1.46. The summed E-state index contributed by atoms with van der Waals surface area (Å²) in [5, 5.41) is 4.21. The van der Waals surface area contributed by atoms with Gasteiger partial charge in [-0.25, -0.2) is 0 Å². The molecule has 0 saturated carbocycles. The molecule has 1 heterocycles. The number of aromatic nitrogens is 2. The molecule has 0 fully saturated rings. The molecule has 0 atom stereocenters. The van der Waals surface area contributed by atoms with Crippen molar-refractivity contribution in [3.05, 3.63) is 17.5 Å². The van der Waals surface area contributed by atoms with E-state index in [9.17, 15) is 4.79 Å². The van der Waals surface area contributed by atoms with Gasteiger partial charge in [0.25, 0.3) is 0 Å². The van der Waals surface area contributed by atoms with Crippen molar-refractivity contribution in [1.29, 1.82) is 0 Å². The van der Waals surface area contributed by atoms with Gasteiger partial charge in [-0.15, -0.1) is 0 Å². The highest BCUT2D eigenvalue weighted by Gasteiger charge is 1.98. The van der Waals surface area contributed by atoms with Gasteiger partial charge in [0, 0.05) is 18.7 Å². The van der Waals surface area contributed by atoms with E-state index in [1.54, 1.807) is 0 Å². The summed E-state index contributed by atoms with van der Waals surface area (Å²) in [5.41, 5.74) is 2.12. The highest BCUT2D eigenvalue weighted by molar-refractivity contribution is 5.48. The quantitative estimate of drug-likeness (QED) is 0.611. The normalized spacial score (nSPS) is 9.17. The van der Waals surface area contributed by atoms with Gasteiger partial charge >= 0.3 is 0 Å².